The number of nitrogens with zero attached hydrogens (tertiary/aromatic N) is 1. The van der Waals surface area contributed by atoms with Gasteiger partial charge in [-0.3, -0.25) is 9.10 Å². The number of nitrogens with one attached hydrogen (secondary N) is 1. The van der Waals surface area contributed by atoms with Crippen LogP contribution in [0.2, 0.25) is 0 Å². The number of rotatable bonds is 6. The fraction of sp³-hybridized carbons (Fsp3) is 0.235. The van der Waals surface area contributed by atoms with Gasteiger partial charge in [-0.05, 0) is 62.4 Å². The zero-order valence-corrected chi connectivity index (χ0v) is 14.6. The van der Waals surface area contributed by atoms with Gasteiger partial charge < -0.3 is 5.32 Å². The third-order valence-electron chi connectivity index (χ3n) is 3.25. The largest absolute Gasteiger partial charge is 0.352 e. The number of anilines is 1. The summed E-state index contributed by atoms with van der Waals surface area (Å²) in [6.45, 7) is 3.01. The van der Waals surface area contributed by atoms with Crippen molar-refractivity contribution in [3.63, 3.8) is 0 Å². The molecule has 5 nitrogen and oxygen atoms in total. The summed E-state index contributed by atoms with van der Waals surface area (Å²) < 4.78 is 52.9. The highest BCUT2D eigenvalue weighted by Gasteiger charge is 2.27. The topological polar surface area (TPSA) is 66.5 Å². The summed E-state index contributed by atoms with van der Waals surface area (Å²) in [5.74, 6) is -1.62. The molecular weight excluding hydrogens is 350 g/mol. The molecule has 134 valence electrons. The zero-order chi connectivity index (χ0) is 18.6. The molecule has 2 aromatic carbocycles. The van der Waals surface area contributed by atoms with Crippen molar-refractivity contribution in [3.05, 3.63) is 60.2 Å². The number of sulfonamides is 1. The number of hydrogen-bond donors (Lipinski definition) is 1. The Morgan fingerprint density at radius 2 is 1.48 bits per heavy atom. The van der Waals surface area contributed by atoms with Crippen LogP contribution in [-0.4, -0.2) is 26.9 Å². The van der Waals surface area contributed by atoms with Crippen molar-refractivity contribution in [3.8, 4) is 0 Å². The third-order valence-corrected chi connectivity index (χ3v) is 5.04. The van der Waals surface area contributed by atoms with E-state index < -0.39 is 34.1 Å². The minimum absolute atomic E-state index is 0.129. The first-order valence-electron chi connectivity index (χ1n) is 7.53. The van der Waals surface area contributed by atoms with Crippen molar-refractivity contribution in [1.29, 1.82) is 0 Å². The molecule has 0 aromatic heterocycles. The summed E-state index contributed by atoms with van der Waals surface area (Å²) in [6.07, 6.45) is 0. The molecule has 0 aliphatic rings. The van der Waals surface area contributed by atoms with E-state index in [1.807, 2.05) is 0 Å². The SMILES string of the molecule is CC(C)NC(=O)CN(c1ccc(F)cc1)S(=O)(=O)c1ccc(F)cc1. The second-order valence-electron chi connectivity index (χ2n) is 5.66. The lowest BCUT2D eigenvalue weighted by Crippen LogP contribution is -2.42. The van der Waals surface area contributed by atoms with E-state index >= 15 is 0 Å². The van der Waals surface area contributed by atoms with Crippen LogP contribution < -0.4 is 9.62 Å². The first-order valence-corrected chi connectivity index (χ1v) is 8.97. The van der Waals surface area contributed by atoms with Gasteiger partial charge in [0.05, 0.1) is 10.6 Å². The van der Waals surface area contributed by atoms with E-state index in [1.54, 1.807) is 13.8 Å². The maximum atomic E-state index is 13.2. The molecular formula is C17H18F2N2O3S. The monoisotopic (exact) mass is 368 g/mol. The fourth-order valence-corrected chi connectivity index (χ4v) is 3.58. The van der Waals surface area contributed by atoms with Gasteiger partial charge in [0.25, 0.3) is 10.0 Å². The summed E-state index contributed by atoms with van der Waals surface area (Å²) in [5, 5.41) is 2.61. The van der Waals surface area contributed by atoms with Crippen molar-refractivity contribution in [2.24, 2.45) is 0 Å². The Kier molecular flexibility index (Phi) is 5.73. The van der Waals surface area contributed by atoms with Crippen LogP contribution in [0.5, 0.6) is 0 Å². The fourth-order valence-electron chi connectivity index (χ4n) is 2.15. The zero-order valence-electron chi connectivity index (χ0n) is 13.7. The Bertz CT molecular complexity index is 835. The summed E-state index contributed by atoms with van der Waals surface area (Å²) in [4.78, 5) is 11.9. The Morgan fingerprint density at radius 1 is 1.00 bits per heavy atom. The molecule has 2 rings (SSSR count). The highest BCUT2D eigenvalue weighted by molar-refractivity contribution is 7.92. The van der Waals surface area contributed by atoms with E-state index in [-0.39, 0.29) is 16.6 Å². The normalized spacial score (nSPS) is 11.4. The van der Waals surface area contributed by atoms with Crippen LogP contribution in [0.3, 0.4) is 0 Å². The number of benzene rings is 2. The predicted octanol–water partition coefficient (Wildman–Crippen LogP) is 2.68. The highest BCUT2D eigenvalue weighted by Crippen LogP contribution is 2.24. The molecule has 0 aliphatic heterocycles. The first-order chi connectivity index (χ1) is 11.7. The number of carbonyl (C=O) groups is 1. The summed E-state index contributed by atoms with van der Waals surface area (Å²) in [5.41, 5.74) is 0.129. The number of hydrogen-bond acceptors (Lipinski definition) is 3. The molecule has 1 N–H and O–H groups in total. The molecule has 0 atom stereocenters. The Morgan fingerprint density at radius 3 is 1.96 bits per heavy atom. The van der Waals surface area contributed by atoms with Gasteiger partial charge in [-0.25, -0.2) is 17.2 Å². The lowest BCUT2D eigenvalue weighted by atomic mass is 10.3. The van der Waals surface area contributed by atoms with Gasteiger partial charge in [0, 0.05) is 6.04 Å². The second-order valence-corrected chi connectivity index (χ2v) is 7.53. The van der Waals surface area contributed by atoms with Crippen molar-refractivity contribution in [2.75, 3.05) is 10.8 Å². The molecule has 0 unspecified atom stereocenters. The number of carbonyl (C=O) groups excluding carboxylic acids is 1. The Hall–Kier alpha value is -2.48. The second kappa shape index (κ2) is 7.60. The number of halogens is 2. The van der Waals surface area contributed by atoms with Gasteiger partial charge in [0.2, 0.25) is 5.91 Å². The Balaban J connectivity index is 2.44. The van der Waals surface area contributed by atoms with Gasteiger partial charge in [-0.15, -0.1) is 0 Å². The predicted molar refractivity (Wildman–Crippen MR) is 90.6 cm³/mol. The van der Waals surface area contributed by atoms with E-state index in [0.717, 1.165) is 40.7 Å². The first kappa shape index (κ1) is 18.9. The van der Waals surface area contributed by atoms with Crippen LogP contribution >= 0.6 is 0 Å². The van der Waals surface area contributed by atoms with Crippen LogP contribution in [0, 0.1) is 11.6 Å². The molecule has 0 fully saturated rings. The van der Waals surface area contributed by atoms with E-state index in [1.165, 1.54) is 12.1 Å². The quantitative estimate of drug-likeness (QED) is 0.853. The van der Waals surface area contributed by atoms with Gasteiger partial charge in [-0.2, -0.15) is 0 Å². The van der Waals surface area contributed by atoms with Crippen LogP contribution in [-0.2, 0) is 14.8 Å². The minimum Gasteiger partial charge on any atom is -0.352 e. The van der Waals surface area contributed by atoms with Crippen LogP contribution in [0.25, 0.3) is 0 Å². The summed E-state index contributed by atoms with van der Waals surface area (Å²) in [6, 6.07) is 8.82. The average molecular weight is 368 g/mol. The van der Waals surface area contributed by atoms with E-state index in [9.17, 15) is 22.0 Å². The highest BCUT2D eigenvalue weighted by atomic mass is 32.2. The lowest BCUT2D eigenvalue weighted by molar-refractivity contribution is -0.120. The minimum atomic E-state index is -4.13. The molecule has 25 heavy (non-hydrogen) atoms. The molecule has 0 radical (unpaired) electrons. The van der Waals surface area contributed by atoms with E-state index in [0.29, 0.717) is 0 Å². The molecule has 2 aromatic rings. The molecule has 0 saturated heterocycles. The van der Waals surface area contributed by atoms with Gasteiger partial charge in [-0.1, -0.05) is 0 Å². The lowest BCUT2D eigenvalue weighted by Gasteiger charge is -2.24. The van der Waals surface area contributed by atoms with Crippen LogP contribution in [0.4, 0.5) is 14.5 Å². The van der Waals surface area contributed by atoms with Crippen molar-refractivity contribution >= 4 is 21.6 Å². The summed E-state index contributed by atoms with van der Waals surface area (Å²) >= 11 is 0. The van der Waals surface area contributed by atoms with Crippen molar-refractivity contribution < 1.29 is 22.0 Å². The maximum absolute atomic E-state index is 13.2. The van der Waals surface area contributed by atoms with Crippen molar-refractivity contribution in [2.45, 2.75) is 24.8 Å². The molecule has 0 bridgehead atoms. The molecule has 0 aliphatic carbocycles. The van der Waals surface area contributed by atoms with Crippen LogP contribution in [0.15, 0.2) is 53.4 Å². The molecule has 1 amide bonds. The van der Waals surface area contributed by atoms with Gasteiger partial charge in [0.15, 0.2) is 0 Å². The smallest absolute Gasteiger partial charge is 0.264 e. The van der Waals surface area contributed by atoms with Gasteiger partial charge >= 0.3 is 0 Å². The molecule has 0 spiro atoms. The summed E-state index contributed by atoms with van der Waals surface area (Å²) in [7, 11) is -4.13. The molecule has 0 saturated carbocycles. The molecule has 8 heteroatoms. The van der Waals surface area contributed by atoms with Crippen molar-refractivity contribution in [1.82, 2.24) is 5.32 Å². The van der Waals surface area contributed by atoms with E-state index in [2.05, 4.69) is 5.32 Å². The third kappa shape index (κ3) is 4.76. The molecule has 0 heterocycles. The maximum Gasteiger partial charge on any atom is 0.264 e. The van der Waals surface area contributed by atoms with Gasteiger partial charge in [0.1, 0.15) is 18.2 Å². The van der Waals surface area contributed by atoms with E-state index in [4.69, 9.17) is 0 Å². The average Bonchev–Trinajstić information content (AvgIpc) is 2.53. The van der Waals surface area contributed by atoms with Crippen LogP contribution in [0.1, 0.15) is 13.8 Å². The standard InChI is InChI=1S/C17H18F2N2O3S/c1-12(2)20-17(22)11-21(15-7-3-13(18)4-8-15)25(23,24)16-9-5-14(19)6-10-16/h3-10,12H,11H2,1-2H3,(H,20,22). The Labute approximate surface area is 145 Å². The number of amides is 1.